The van der Waals surface area contributed by atoms with Crippen molar-refractivity contribution in [3.05, 3.63) is 39.0 Å². The van der Waals surface area contributed by atoms with Gasteiger partial charge in [-0.05, 0) is 44.4 Å². The molecule has 3 rings (SSSR count). The first-order valence-electron chi connectivity index (χ1n) is 7.71. The van der Waals surface area contributed by atoms with Crippen LogP contribution in [0.3, 0.4) is 0 Å². The van der Waals surface area contributed by atoms with Crippen LogP contribution < -0.4 is 11.1 Å². The normalized spacial score (nSPS) is 10.3. The smallest absolute Gasteiger partial charge is 0.383 e. The Morgan fingerprint density at radius 3 is 2.77 bits per heavy atom. The monoisotopic (exact) mass is 429 g/mol. The van der Waals surface area contributed by atoms with Gasteiger partial charge in [0.2, 0.25) is 11.6 Å². The third-order valence-electron chi connectivity index (χ3n) is 3.06. The third kappa shape index (κ3) is 4.17. The summed E-state index contributed by atoms with van der Waals surface area (Å²) in [5.41, 5.74) is 0.521. The molecular weight excluding hydrogens is 413 g/mol. The Morgan fingerprint density at radius 2 is 2.08 bits per heavy atom. The maximum Gasteiger partial charge on any atom is 0.446 e. The summed E-state index contributed by atoms with van der Waals surface area (Å²) in [6, 6.07) is 4.04. The van der Waals surface area contributed by atoms with Crippen LogP contribution in [0.15, 0.2) is 36.6 Å². The van der Waals surface area contributed by atoms with Crippen LogP contribution in [0.2, 0.25) is 0 Å². The molecule has 0 saturated carbocycles. The number of methoxy groups -OCH3 is 1. The number of hydrogen-bond acceptors (Lipinski definition) is 8. The van der Waals surface area contributed by atoms with Crippen molar-refractivity contribution in [2.75, 3.05) is 25.6 Å². The molecule has 9 nitrogen and oxygen atoms in total. The largest absolute Gasteiger partial charge is 0.446 e. The number of halogens is 2. The summed E-state index contributed by atoms with van der Waals surface area (Å²) in [5.74, 6) is -0.876. The Hall–Kier alpha value is -2.53. The molecule has 2 aromatic heterocycles. The SMILES string of the molecule is CC.COCCNc1nonc1-c1noc(=O)n1-c1ccc(F)c(Br)c1. The zero-order valence-electron chi connectivity index (χ0n) is 14.3. The van der Waals surface area contributed by atoms with E-state index in [9.17, 15) is 9.18 Å². The van der Waals surface area contributed by atoms with Gasteiger partial charge in [-0.15, -0.1) is 0 Å². The van der Waals surface area contributed by atoms with Crippen LogP contribution in [0, 0.1) is 5.82 Å². The van der Waals surface area contributed by atoms with Crippen LogP contribution in [0.1, 0.15) is 13.8 Å². The molecule has 26 heavy (non-hydrogen) atoms. The van der Waals surface area contributed by atoms with E-state index in [-0.39, 0.29) is 21.8 Å². The lowest BCUT2D eigenvalue weighted by molar-refractivity contribution is 0.210. The highest BCUT2D eigenvalue weighted by Crippen LogP contribution is 2.25. The lowest BCUT2D eigenvalue weighted by atomic mass is 10.3. The summed E-state index contributed by atoms with van der Waals surface area (Å²) in [4.78, 5) is 12.0. The van der Waals surface area contributed by atoms with Crippen molar-refractivity contribution in [3.63, 3.8) is 0 Å². The quantitative estimate of drug-likeness (QED) is 0.595. The van der Waals surface area contributed by atoms with E-state index in [0.717, 1.165) is 4.57 Å². The lowest BCUT2D eigenvalue weighted by Gasteiger charge is -2.05. The summed E-state index contributed by atoms with van der Waals surface area (Å²) < 4.78 is 29.1. The number of aromatic nitrogens is 4. The minimum Gasteiger partial charge on any atom is -0.383 e. The molecule has 0 unspecified atom stereocenters. The molecule has 11 heteroatoms. The number of ether oxygens (including phenoxy) is 1. The standard InChI is InChI=1S/C13H11BrFN5O4.C2H6/c1-22-5-4-16-11-10(17-24-18-11)12-19-23-13(21)20(12)7-2-3-9(15)8(14)6-7;1-2/h2-3,6H,4-5H2,1H3,(H,16,18);1-2H3. The van der Waals surface area contributed by atoms with Gasteiger partial charge in [0, 0.05) is 13.7 Å². The zero-order chi connectivity index (χ0) is 19.1. The molecule has 0 saturated heterocycles. The molecule has 0 aliphatic carbocycles. The molecular formula is C15H17BrFN5O4. The Bertz CT molecular complexity index is 908. The minimum absolute atomic E-state index is 0.0691. The molecule has 0 aliphatic heterocycles. The molecule has 1 aromatic carbocycles. The second kappa shape index (κ2) is 9.25. The van der Waals surface area contributed by atoms with Gasteiger partial charge >= 0.3 is 5.76 Å². The van der Waals surface area contributed by atoms with Crippen LogP contribution in [0.4, 0.5) is 10.2 Å². The predicted molar refractivity (Wildman–Crippen MR) is 94.8 cm³/mol. The predicted octanol–water partition coefficient (Wildman–Crippen LogP) is 2.86. The number of nitrogens with one attached hydrogen (secondary N) is 1. The van der Waals surface area contributed by atoms with Crippen LogP contribution in [0.5, 0.6) is 0 Å². The van der Waals surface area contributed by atoms with Crippen molar-refractivity contribution in [1.82, 2.24) is 20.0 Å². The zero-order valence-corrected chi connectivity index (χ0v) is 15.9. The Balaban J connectivity index is 0.00000117. The first-order chi connectivity index (χ1) is 12.6. The molecule has 2 heterocycles. The molecule has 0 atom stereocenters. The Morgan fingerprint density at radius 1 is 1.31 bits per heavy atom. The number of hydrogen-bond donors (Lipinski definition) is 1. The van der Waals surface area contributed by atoms with Gasteiger partial charge in [-0.3, -0.25) is 4.52 Å². The number of benzene rings is 1. The van der Waals surface area contributed by atoms with Crippen molar-refractivity contribution in [1.29, 1.82) is 0 Å². The van der Waals surface area contributed by atoms with Gasteiger partial charge in [0.25, 0.3) is 0 Å². The van der Waals surface area contributed by atoms with E-state index in [1.54, 1.807) is 7.11 Å². The van der Waals surface area contributed by atoms with Gasteiger partial charge in [-0.25, -0.2) is 18.4 Å². The van der Waals surface area contributed by atoms with E-state index < -0.39 is 11.6 Å². The van der Waals surface area contributed by atoms with E-state index in [2.05, 4.69) is 36.7 Å². The summed E-state index contributed by atoms with van der Waals surface area (Å²) in [5, 5.41) is 14.1. The molecule has 0 bridgehead atoms. The topological polar surface area (TPSA) is 108 Å². The molecule has 0 amide bonds. The summed E-state index contributed by atoms with van der Waals surface area (Å²) in [7, 11) is 1.56. The molecule has 0 fully saturated rings. The second-order valence-corrected chi connectivity index (χ2v) is 5.44. The average Bonchev–Trinajstić information content (AvgIpc) is 3.26. The van der Waals surface area contributed by atoms with Crippen molar-refractivity contribution in [2.24, 2.45) is 0 Å². The third-order valence-corrected chi connectivity index (χ3v) is 3.67. The van der Waals surface area contributed by atoms with Gasteiger partial charge < -0.3 is 10.1 Å². The van der Waals surface area contributed by atoms with E-state index >= 15 is 0 Å². The van der Waals surface area contributed by atoms with Gasteiger partial charge in [0.1, 0.15) is 5.82 Å². The molecule has 3 aromatic rings. The highest BCUT2D eigenvalue weighted by atomic mass is 79.9. The molecule has 0 spiro atoms. The number of anilines is 1. The van der Waals surface area contributed by atoms with Crippen molar-refractivity contribution >= 4 is 21.7 Å². The van der Waals surface area contributed by atoms with Crippen molar-refractivity contribution < 1.29 is 18.3 Å². The first-order valence-corrected chi connectivity index (χ1v) is 8.51. The second-order valence-electron chi connectivity index (χ2n) is 4.59. The highest BCUT2D eigenvalue weighted by molar-refractivity contribution is 9.10. The van der Waals surface area contributed by atoms with Crippen LogP contribution in [-0.4, -0.2) is 40.3 Å². The lowest BCUT2D eigenvalue weighted by Crippen LogP contribution is -2.14. The fourth-order valence-corrected chi connectivity index (χ4v) is 2.34. The summed E-state index contributed by atoms with van der Waals surface area (Å²) >= 11 is 3.07. The van der Waals surface area contributed by atoms with Gasteiger partial charge in [0.05, 0.1) is 16.8 Å². The van der Waals surface area contributed by atoms with Crippen LogP contribution >= 0.6 is 15.9 Å². The minimum atomic E-state index is -0.755. The summed E-state index contributed by atoms with van der Waals surface area (Å²) in [6.07, 6.45) is 0. The van der Waals surface area contributed by atoms with Crippen molar-refractivity contribution in [2.45, 2.75) is 13.8 Å². The molecule has 0 aliphatic rings. The van der Waals surface area contributed by atoms with Crippen molar-refractivity contribution in [3.8, 4) is 17.2 Å². The number of rotatable bonds is 6. The van der Waals surface area contributed by atoms with Gasteiger partial charge in [-0.2, -0.15) is 0 Å². The van der Waals surface area contributed by atoms with Gasteiger partial charge in [0.15, 0.2) is 5.69 Å². The highest BCUT2D eigenvalue weighted by Gasteiger charge is 2.22. The van der Waals surface area contributed by atoms with E-state index in [4.69, 9.17) is 13.9 Å². The van der Waals surface area contributed by atoms with E-state index in [1.165, 1.54) is 18.2 Å². The van der Waals surface area contributed by atoms with Crippen LogP contribution in [0.25, 0.3) is 17.2 Å². The van der Waals surface area contributed by atoms with E-state index in [1.807, 2.05) is 13.8 Å². The maximum absolute atomic E-state index is 13.4. The fourth-order valence-electron chi connectivity index (χ4n) is 1.97. The number of nitrogens with zero attached hydrogens (tertiary/aromatic N) is 4. The van der Waals surface area contributed by atoms with E-state index in [0.29, 0.717) is 18.8 Å². The fraction of sp³-hybridized carbons (Fsp3) is 0.333. The first kappa shape index (κ1) is 19.8. The molecule has 140 valence electrons. The Kier molecular flexibility index (Phi) is 7.04. The maximum atomic E-state index is 13.4. The van der Waals surface area contributed by atoms with Gasteiger partial charge in [-0.1, -0.05) is 19.0 Å². The molecule has 1 N–H and O–H groups in total. The Labute approximate surface area is 156 Å². The average molecular weight is 430 g/mol. The van der Waals surface area contributed by atoms with Crippen LogP contribution in [-0.2, 0) is 4.74 Å². The molecule has 0 radical (unpaired) electrons. The summed E-state index contributed by atoms with van der Waals surface area (Å²) in [6.45, 7) is 4.88.